The molecule has 0 saturated heterocycles. The van der Waals surface area contributed by atoms with E-state index in [1.807, 2.05) is 45.0 Å². The monoisotopic (exact) mass is 350 g/mol. The molecule has 0 fully saturated rings. The molecular formula is C14H19BrN6. The summed E-state index contributed by atoms with van der Waals surface area (Å²) in [4.78, 5) is 8.31. The summed E-state index contributed by atoms with van der Waals surface area (Å²) in [6, 6.07) is 7.76. The van der Waals surface area contributed by atoms with E-state index in [4.69, 9.17) is 5.73 Å². The van der Waals surface area contributed by atoms with Gasteiger partial charge in [0.1, 0.15) is 12.0 Å². The second-order valence-corrected chi connectivity index (χ2v) is 6.53. The molecule has 0 amide bonds. The molecule has 0 aliphatic heterocycles. The standard InChI is InChI=1S/C14H19BrN6/c1-14(2,3)21-20-13-11(16)12(17-8-18-13)19-10-6-4-9(15)5-7-10/h4-8,21H,16H2,1-3H3,(H2,17,18,19,20). The molecule has 2 aromatic rings. The number of benzene rings is 1. The summed E-state index contributed by atoms with van der Waals surface area (Å²) in [7, 11) is 0. The van der Waals surface area contributed by atoms with E-state index < -0.39 is 0 Å². The van der Waals surface area contributed by atoms with E-state index in [0.717, 1.165) is 10.2 Å². The van der Waals surface area contributed by atoms with E-state index in [0.29, 0.717) is 17.3 Å². The molecule has 5 N–H and O–H groups in total. The van der Waals surface area contributed by atoms with Crippen molar-refractivity contribution < 1.29 is 0 Å². The summed E-state index contributed by atoms with van der Waals surface area (Å²) >= 11 is 3.40. The third-order valence-electron chi connectivity index (χ3n) is 2.55. The van der Waals surface area contributed by atoms with Gasteiger partial charge in [-0.2, -0.15) is 0 Å². The number of hydrogen-bond donors (Lipinski definition) is 4. The van der Waals surface area contributed by atoms with Gasteiger partial charge in [-0.3, -0.25) is 0 Å². The molecule has 21 heavy (non-hydrogen) atoms. The average molecular weight is 351 g/mol. The fourth-order valence-electron chi connectivity index (χ4n) is 1.51. The predicted octanol–water partition coefficient (Wildman–Crippen LogP) is 3.28. The number of aromatic nitrogens is 2. The summed E-state index contributed by atoms with van der Waals surface area (Å²) in [5, 5.41) is 3.17. The molecule has 0 aliphatic rings. The quantitative estimate of drug-likeness (QED) is 0.633. The molecule has 0 atom stereocenters. The van der Waals surface area contributed by atoms with Gasteiger partial charge in [-0.15, -0.1) is 0 Å². The lowest BCUT2D eigenvalue weighted by atomic mass is 10.1. The van der Waals surface area contributed by atoms with Crippen molar-refractivity contribution in [3.63, 3.8) is 0 Å². The highest BCUT2D eigenvalue weighted by Gasteiger charge is 2.12. The first-order chi connectivity index (χ1) is 9.85. The molecule has 0 saturated carbocycles. The van der Waals surface area contributed by atoms with Gasteiger partial charge in [0, 0.05) is 15.7 Å². The van der Waals surface area contributed by atoms with Crippen molar-refractivity contribution in [3.8, 4) is 0 Å². The number of anilines is 4. The Hall–Kier alpha value is -1.86. The summed E-state index contributed by atoms with van der Waals surface area (Å²) in [6.07, 6.45) is 1.46. The van der Waals surface area contributed by atoms with Crippen molar-refractivity contribution in [1.82, 2.24) is 15.4 Å². The Bertz CT molecular complexity index is 606. The van der Waals surface area contributed by atoms with Crippen molar-refractivity contribution in [1.29, 1.82) is 0 Å². The second-order valence-electron chi connectivity index (χ2n) is 5.62. The van der Waals surface area contributed by atoms with E-state index in [2.05, 4.69) is 42.1 Å². The zero-order valence-corrected chi connectivity index (χ0v) is 13.8. The summed E-state index contributed by atoms with van der Waals surface area (Å²) in [5.41, 5.74) is 13.5. The molecule has 1 aromatic carbocycles. The van der Waals surface area contributed by atoms with E-state index in [1.165, 1.54) is 6.33 Å². The number of halogens is 1. The Kier molecular flexibility index (Phi) is 4.64. The fourth-order valence-corrected chi connectivity index (χ4v) is 1.78. The smallest absolute Gasteiger partial charge is 0.169 e. The normalized spacial score (nSPS) is 11.2. The maximum absolute atomic E-state index is 6.09. The van der Waals surface area contributed by atoms with Crippen LogP contribution in [0.5, 0.6) is 0 Å². The van der Waals surface area contributed by atoms with Gasteiger partial charge in [0.05, 0.1) is 0 Å². The molecule has 2 rings (SSSR count). The van der Waals surface area contributed by atoms with Crippen LogP contribution < -0.4 is 21.9 Å². The molecule has 6 nitrogen and oxygen atoms in total. The molecule has 1 aromatic heterocycles. The van der Waals surface area contributed by atoms with Gasteiger partial charge in [-0.25, -0.2) is 15.4 Å². The van der Waals surface area contributed by atoms with Crippen LogP contribution in [-0.2, 0) is 0 Å². The van der Waals surface area contributed by atoms with Crippen LogP contribution in [0.15, 0.2) is 35.1 Å². The minimum atomic E-state index is -0.101. The van der Waals surface area contributed by atoms with Crippen LogP contribution in [0, 0.1) is 0 Å². The van der Waals surface area contributed by atoms with Crippen molar-refractivity contribution in [2.45, 2.75) is 26.3 Å². The number of nitrogens with zero attached hydrogens (tertiary/aromatic N) is 2. The summed E-state index contributed by atoms with van der Waals surface area (Å²) in [5.74, 6) is 1.10. The number of rotatable bonds is 4. The van der Waals surface area contributed by atoms with Gasteiger partial charge in [0.2, 0.25) is 0 Å². The highest BCUT2D eigenvalue weighted by atomic mass is 79.9. The molecule has 1 heterocycles. The minimum Gasteiger partial charge on any atom is -0.393 e. The summed E-state index contributed by atoms with van der Waals surface area (Å²) < 4.78 is 1.01. The Balaban J connectivity index is 2.15. The number of hydrogen-bond acceptors (Lipinski definition) is 6. The Morgan fingerprint density at radius 3 is 2.29 bits per heavy atom. The van der Waals surface area contributed by atoms with E-state index in [-0.39, 0.29) is 5.54 Å². The first kappa shape index (κ1) is 15.5. The van der Waals surface area contributed by atoms with Crippen LogP contribution >= 0.6 is 15.9 Å². The average Bonchev–Trinajstić information content (AvgIpc) is 2.41. The number of nitrogens with one attached hydrogen (secondary N) is 3. The number of nitrogen functional groups attached to an aromatic ring is 1. The van der Waals surface area contributed by atoms with Gasteiger partial charge >= 0.3 is 0 Å². The third kappa shape index (κ3) is 4.57. The molecule has 0 bridgehead atoms. The maximum Gasteiger partial charge on any atom is 0.169 e. The van der Waals surface area contributed by atoms with Gasteiger partial charge in [-0.05, 0) is 45.0 Å². The molecule has 7 heteroatoms. The van der Waals surface area contributed by atoms with Gasteiger partial charge in [0.25, 0.3) is 0 Å². The van der Waals surface area contributed by atoms with Gasteiger partial charge < -0.3 is 16.5 Å². The molecule has 0 spiro atoms. The highest BCUT2D eigenvalue weighted by molar-refractivity contribution is 9.10. The number of nitrogens with two attached hydrogens (primary N) is 1. The van der Waals surface area contributed by atoms with Crippen molar-refractivity contribution in [3.05, 3.63) is 35.1 Å². The highest BCUT2D eigenvalue weighted by Crippen LogP contribution is 2.26. The topological polar surface area (TPSA) is 87.9 Å². The van der Waals surface area contributed by atoms with Crippen molar-refractivity contribution >= 4 is 38.9 Å². The first-order valence-electron chi connectivity index (χ1n) is 6.51. The molecule has 0 radical (unpaired) electrons. The second kappa shape index (κ2) is 6.28. The van der Waals surface area contributed by atoms with E-state index >= 15 is 0 Å². The largest absolute Gasteiger partial charge is 0.393 e. The molecular weight excluding hydrogens is 332 g/mol. The lowest BCUT2D eigenvalue weighted by molar-refractivity contribution is 0.464. The maximum atomic E-state index is 6.09. The SMILES string of the molecule is CC(C)(C)NNc1ncnc(Nc2ccc(Br)cc2)c1N. The Morgan fingerprint density at radius 1 is 1.05 bits per heavy atom. The van der Waals surface area contributed by atoms with Crippen molar-refractivity contribution in [2.24, 2.45) is 0 Å². The molecule has 0 aliphatic carbocycles. The zero-order chi connectivity index (χ0) is 15.5. The third-order valence-corrected chi connectivity index (χ3v) is 3.08. The van der Waals surface area contributed by atoms with Crippen LogP contribution in [0.3, 0.4) is 0 Å². The van der Waals surface area contributed by atoms with Crippen LogP contribution in [0.1, 0.15) is 20.8 Å². The van der Waals surface area contributed by atoms with Crippen LogP contribution in [0.4, 0.5) is 23.0 Å². The van der Waals surface area contributed by atoms with Crippen molar-refractivity contribution in [2.75, 3.05) is 16.5 Å². The first-order valence-corrected chi connectivity index (χ1v) is 7.31. The lowest BCUT2D eigenvalue weighted by Crippen LogP contribution is -2.40. The van der Waals surface area contributed by atoms with Crippen LogP contribution in [0.2, 0.25) is 0 Å². The van der Waals surface area contributed by atoms with Crippen LogP contribution in [-0.4, -0.2) is 15.5 Å². The lowest BCUT2D eigenvalue weighted by Gasteiger charge is -2.22. The van der Waals surface area contributed by atoms with Gasteiger partial charge in [0.15, 0.2) is 11.6 Å². The fraction of sp³-hybridized carbons (Fsp3) is 0.286. The summed E-state index contributed by atoms with van der Waals surface area (Å²) in [6.45, 7) is 6.12. The Labute approximate surface area is 132 Å². The van der Waals surface area contributed by atoms with E-state index in [1.54, 1.807) is 0 Å². The minimum absolute atomic E-state index is 0.101. The van der Waals surface area contributed by atoms with Crippen LogP contribution in [0.25, 0.3) is 0 Å². The zero-order valence-electron chi connectivity index (χ0n) is 12.2. The Morgan fingerprint density at radius 2 is 1.67 bits per heavy atom. The van der Waals surface area contributed by atoms with Gasteiger partial charge in [-0.1, -0.05) is 15.9 Å². The predicted molar refractivity (Wildman–Crippen MR) is 90.4 cm³/mol. The molecule has 112 valence electrons. The molecule has 0 unspecified atom stereocenters. The van der Waals surface area contributed by atoms with E-state index in [9.17, 15) is 0 Å². The number of hydrazine groups is 1.